The molecule has 0 aromatic rings. The van der Waals surface area contributed by atoms with Crippen molar-refractivity contribution in [2.24, 2.45) is 5.73 Å². The van der Waals surface area contributed by atoms with Gasteiger partial charge in [0.25, 0.3) is 10.1 Å². The molecule has 0 saturated carbocycles. The molecule has 0 saturated heterocycles. The van der Waals surface area contributed by atoms with E-state index >= 15 is 0 Å². The smallest absolute Gasteiger partial charge is 0.330 e. The van der Waals surface area contributed by atoms with Crippen molar-refractivity contribution >= 4 is 16.1 Å². The van der Waals surface area contributed by atoms with Gasteiger partial charge in [0.15, 0.2) is 5.37 Å². The average Bonchev–Trinajstić information content (AvgIpc) is 1.97. The Morgan fingerprint density at radius 1 is 1.75 bits per heavy atom. The van der Waals surface area contributed by atoms with Crippen LogP contribution in [0.3, 0.4) is 0 Å². The van der Waals surface area contributed by atoms with Gasteiger partial charge in [-0.15, -0.1) is 0 Å². The molecular formula is C5H9NO5S. The van der Waals surface area contributed by atoms with E-state index in [1.165, 1.54) is 0 Å². The zero-order valence-corrected chi connectivity index (χ0v) is 6.95. The van der Waals surface area contributed by atoms with Crippen LogP contribution in [-0.4, -0.2) is 30.9 Å². The number of carbonyl (C=O) groups is 1. The first-order valence-electron chi connectivity index (χ1n) is 2.89. The molecule has 1 unspecified atom stereocenters. The second-order valence-corrected chi connectivity index (χ2v) is 3.52. The Balaban J connectivity index is 3.96. The van der Waals surface area contributed by atoms with E-state index in [2.05, 4.69) is 11.3 Å². The van der Waals surface area contributed by atoms with Gasteiger partial charge in [0.1, 0.15) is 6.61 Å². The summed E-state index contributed by atoms with van der Waals surface area (Å²) in [5, 5.41) is -1.61. The Labute approximate surface area is 69.8 Å². The maximum absolute atomic E-state index is 10.4. The predicted octanol–water partition coefficient (Wildman–Crippen LogP) is -1.11. The van der Waals surface area contributed by atoms with Crippen molar-refractivity contribution in [2.75, 3.05) is 6.61 Å². The van der Waals surface area contributed by atoms with Gasteiger partial charge in [0, 0.05) is 6.08 Å². The van der Waals surface area contributed by atoms with Gasteiger partial charge in [-0.05, 0) is 0 Å². The second-order valence-electron chi connectivity index (χ2n) is 1.89. The summed E-state index contributed by atoms with van der Waals surface area (Å²) in [5.41, 5.74) is 4.90. The normalized spacial score (nSPS) is 13.5. The highest BCUT2D eigenvalue weighted by molar-refractivity contribution is 7.86. The van der Waals surface area contributed by atoms with Crippen LogP contribution in [0.2, 0.25) is 0 Å². The van der Waals surface area contributed by atoms with Gasteiger partial charge < -0.3 is 10.5 Å². The Kier molecular flexibility index (Phi) is 3.87. The van der Waals surface area contributed by atoms with E-state index in [9.17, 15) is 13.2 Å². The van der Waals surface area contributed by atoms with Gasteiger partial charge in [-0.1, -0.05) is 6.58 Å². The van der Waals surface area contributed by atoms with E-state index in [-0.39, 0.29) is 0 Å². The van der Waals surface area contributed by atoms with E-state index in [1.54, 1.807) is 0 Å². The summed E-state index contributed by atoms with van der Waals surface area (Å²) < 4.78 is 33.1. The number of esters is 1. The number of hydrogen-bond acceptors (Lipinski definition) is 5. The van der Waals surface area contributed by atoms with Crippen LogP contribution in [0.4, 0.5) is 0 Å². The van der Waals surface area contributed by atoms with E-state index in [0.717, 1.165) is 6.08 Å². The molecule has 0 aromatic heterocycles. The first-order valence-corrected chi connectivity index (χ1v) is 4.39. The lowest BCUT2D eigenvalue weighted by Crippen LogP contribution is -2.35. The molecular weight excluding hydrogens is 186 g/mol. The van der Waals surface area contributed by atoms with Gasteiger partial charge >= 0.3 is 5.97 Å². The summed E-state index contributed by atoms with van der Waals surface area (Å²) in [7, 11) is -4.34. The lowest BCUT2D eigenvalue weighted by atomic mass is 10.6. The summed E-state index contributed by atoms with van der Waals surface area (Å²) >= 11 is 0. The molecule has 0 aliphatic rings. The van der Waals surface area contributed by atoms with Crippen LogP contribution in [0, 0.1) is 0 Å². The topological polar surface area (TPSA) is 107 Å². The van der Waals surface area contributed by atoms with Crippen LogP contribution in [0.1, 0.15) is 0 Å². The van der Waals surface area contributed by atoms with Gasteiger partial charge in [0.05, 0.1) is 0 Å². The molecule has 7 heteroatoms. The van der Waals surface area contributed by atoms with Crippen molar-refractivity contribution < 1.29 is 22.5 Å². The fourth-order valence-electron chi connectivity index (χ4n) is 0.309. The molecule has 70 valence electrons. The largest absolute Gasteiger partial charge is 0.460 e. The number of carbonyl (C=O) groups excluding carboxylic acids is 1. The highest BCUT2D eigenvalue weighted by atomic mass is 32.2. The zero-order chi connectivity index (χ0) is 9.78. The Morgan fingerprint density at radius 2 is 2.25 bits per heavy atom. The van der Waals surface area contributed by atoms with Gasteiger partial charge in [-0.25, -0.2) is 4.79 Å². The minimum Gasteiger partial charge on any atom is -0.460 e. The maximum Gasteiger partial charge on any atom is 0.330 e. The third-order valence-corrected chi connectivity index (χ3v) is 1.84. The molecule has 0 radical (unpaired) electrons. The van der Waals surface area contributed by atoms with Crippen molar-refractivity contribution in [2.45, 2.75) is 5.37 Å². The van der Waals surface area contributed by atoms with Crippen LogP contribution in [0.5, 0.6) is 0 Å². The second kappa shape index (κ2) is 4.19. The fourth-order valence-corrected chi connectivity index (χ4v) is 0.549. The lowest BCUT2D eigenvalue weighted by Gasteiger charge is -2.06. The molecule has 0 spiro atoms. The van der Waals surface area contributed by atoms with Crippen LogP contribution in [0.15, 0.2) is 12.7 Å². The molecule has 0 heterocycles. The molecule has 0 fully saturated rings. The van der Waals surface area contributed by atoms with E-state index in [4.69, 9.17) is 10.3 Å². The molecule has 12 heavy (non-hydrogen) atoms. The number of hydrogen-bond donors (Lipinski definition) is 2. The lowest BCUT2D eigenvalue weighted by molar-refractivity contribution is -0.137. The summed E-state index contributed by atoms with van der Waals surface area (Å²) in [6, 6.07) is 0. The summed E-state index contributed by atoms with van der Waals surface area (Å²) in [6.07, 6.45) is 0.858. The SMILES string of the molecule is C=CC(=O)OCC(N)S(=O)(=O)O. The van der Waals surface area contributed by atoms with Crippen LogP contribution < -0.4 is 5.73 Å². The molecule has 0 bridgehead atoms. The molecule has 0 amide bonds. The first kappa shape index (κ1) is 11.1. The Hall–Kier alpha value is -0.920. The summed E-state index contributed by atoms with van der Waals surface area (Å²) in [4.78, 5) is 10.4. The fraction of sp³-hybridized carbons (Fsp3) is 0.400. The van der Waals surface area contributed by atoms with Crippen molar-refractivity contribution in [3.05, 3.63) is 12.7 Å². The molecule has 0 aliphatic heterocycles. The summed E-state index contributed by atoms with van der Waals surface area (Å²) in [6.45, 7) is 2.48. The average molecular weight is 195 g/mol. The highest BCUT2D eigenvalue weighted by Gasteiger charge is 2.18. The molecule has 0 rings (SSSR count). The van der Waals surface area contributed by atoms with Crippen molar-refractivity contribution in [1.29, 1.82) is 0 Å². The third-order valence-electron chi connectivity index (χ3n) is 0.939. The quantitative estimate of drug-likeness (QED) is 0.334. The maximum atomic E-state index is 10.4. The Bertz CT molecular complexity index is 270. The van der Waals surface area contributed by atoms with Gasteiger partial charge in [-0.3, -0.25) is 4.55 Å². The zero-order valence-electron chi connectivity index (χ0n) is 6.13. The van der Waals surface area contributed by atoms with Crippen LogP contribution >= 0.6 is 0 Å². The van der Waals surface area contributed by atoms with E-state index in [1.807, 2.05) is 0 Å². The minimum atomic E-state index is -4.34. The first-order chi connectivity index (χ1) is 5.38. The van der Waals surface area contributed by atoms with Crippen LogP contribution in [0.25, 0.3) is 0 Å². The van der Waals surface area contributed by atoms with E-state index < -0.39 is 28.1 Å². The van der Waals surface area contributed by atoms with Crippen molar-refractivity contribution in [3.8, 4) is 0 Å². The van der Waals surface area contributed by atoms with Crippen molar-refractivity contribution in [1.82, 2.24) is 0 Å². The number of rotatable bonds is 4. The van der Waals surface area contributed by atoms with Crippen molar-refractivity contribution in [3.63, 3.8) is 0 Å². The predicted molar refractivity (Wildman–Crippen MR) is 40.7 cm³/mol. The number of nitrogens with two attached hydrogens (primary N) is 1. The van der Waals surface area contributed by atoms with Crippen LogP contribution in [-0.2, 0) is 19.6 Å². The monoisotopic (exact) mass is 195 g/mol. The molecule has 0 aliphatic carbocycles. The van der Waals surface area contributed by atoms with Gasteiger partial charge in [0.2, 0.25) is 0 Å². The molecule has 1 atom stereocenters. The number of ether oxygens (including phenoxy) is 1. The molecule has 3 N–H and O–H groups in total. The summed E-state index contributed by atoms with van der Waals surface area (Å²) in [5.74, 6) is -0.797. The third kappa shape index (κ3) is 4.06. The van der Waals surface area contributed by atoms with E-state index in [0.29, 0.717) is 0 Å². The molecule has 6 nitrogen and oxygen atoms in total. The standard InChI is InChI=1S/C5H9NO5S/c1-2-5(7)11-3-4(6)12(8,9)10/h2,4H,1,3,6H2,(H,8,9,10). The highest BCUT2D eigenvalue weighted by Crippen LogP contribution is 1.92. The molecule has 0 aromatic carbocycles. The Morgan fingerprint density at radius 3 is 2.58 bits per heavy atom. The minimum absolute atomic E-state index is 0.594. The van der Waals surface area contributed by atoms with Gasteiger partial charge in [-0.2, -0.15) is 8.42 Å².